The van der Waals surface area contributed by atoms with Crippen LogP contribution in [0.1, 0.15) is 45.1 Å². The van der Waals surface area contributed by atoms with E-state index in [9.17, 15) is 9.59 Å². The Hall–Kier alpha value is -2.04. The van der Waals surface area contributed by atoms with Crippen LogP contribution in [-0.2, 0) is 9.59 Å². The van der Waals surface area contributed by atoms with E-state index < -0.39 is 12.1 Å². The third-order valence-electron chi connectivity index (χ3n) is 3.66. The summed E-state index contributed by atoms with van der Waals surface area (Å²) < 4.78 is 5.88. The first kappa shape index (κ1) is 15.4. The summed E-state index contributed by atoms with van der Waals surface area (Å²) >= 11 is 0. The molecular formula is C16H21NO4. The van der Waals surface area contributed by atoms with E-state index in [2.05, 4.69) is 13.8 Å². The van der Waals surface area contributed by atoms with Crippen LogP contribution in [0, 0.1) is 0 Å². The molecule has 0 saturated heterocycles. The number of anilines is 1. The number of rotatable bonds is 5. The predicted octanol–water partition coefficient (Wildman–Crippen LogP) is 2.79. The van der Waals surface area contributed by atoms with Gasteiger partial charge >= 0.3 is 5.97 Å². The third-order valence-corrected chi connectivity index (χ3v) is 3.66. The summed E-state index contributed by atoms with van der Waals surface area (Å²) in [5, 5.41) is 8.88. The first-order valence-corrected chi connectivity index (χ1v) is 7.28. The number of carboxylic acids is 1. The molecule has 1 N–H and O–H groups in total. The van der Waals surface area contributed by atoms with Gasteiger partial charge in [0, 0.05) is 6.54 Å². The molecule has 5 nitrogen and oxygen atoms in total. The van der Waals surface area contributed by atoms with E-state index in [1.54, 1.807) is 4.90 Å². The number of aliphatic carboxylic acids is 1. The van der Waals surface area contributed by atoms with Crippen LogP contribution in [0.25, 0.3) is 0 Å². The molecular weight excluding hydrogens is 270 g/mol. The lowest BCUT2D eigenvalue weighted by atomic mass is 9.99. The molecule has 1 aliphatic heterocycles. The van der Waals surface area contributed by atoms with Gasteiger partial charge in [-0.1, -0.05) is 32.9 Å². The summed E-state index contributed by atoms with van der Waals surface area (Å²) in [7, 11) is 0. The maximum Gasteiger partial charge on any atom is 0.305 e. The average Bonchev–Trinajstić information content (AvgIpc) is 2.44. The van der Waals surface area contributed by atoms with E-state index in [0.29, 0.717) is 17.9 Å². The Morgan fingerprint density at radius 3 is 2.71 bits per heavy atom. The van der Waals surface area contributed by atoms with E-state index in [1.807, 2.05) is 25.1 Å². The Balaban J connectivity index is 2.44. The number of amides is 1. The van der Waals surface area contributed by atoms with Crippen LogP contribution in [0.4, 0.5) is 5.69 Å². The molecule has 0 fully saturated rings. The van der Waals surface area contributed by atoms with Crippen molar-refractivity contribution in [2.75, 3.05) is 11.4 Å². The van der Waals surface area contributed by atoms with Gasteiger partial charge in [-0.25, -0.2) is 0 Å². The Labute approximate surface area is 124 Å². The second kappa shape index (κ2) is 6.16. The molecule has 21 heavy (non-hydrogen) atoms. The van der Waals surface area contributed by atoms with Crippen molar-refractivity contribution in [2.24, 2.45) is 0 Å². The number of ether oxygens (including phenoxy) is 1. The first-order valence-electron chi connectivity index (χ1n) is 7.28. The van der Waals surface area contributed by atoms with Crippen molar-refractivity contribution in [1.29, 1.82) is 0 Å². The molecule has 0 aliphatic carbocycles. The second-order valence-electron chi connectivity index (χ2n) is 5.50. The van der Waals surface area contributed by atoms with Gasteiger partial charge in [0.05, 0.1) is 12.1 Å². The first-order chi connectivity index (χ1) is 9.95. The molecule has 1 heterocycles. The number of carboxylic acid groups (broad SMARTS) is 1. The number of carbonyl (C=O) groups excluding carboxylic acids is 1. The van der Waals surface area contributed by atoms with Gasteiger partial charge in [-0.05, 0) is 24.0 Å². The standard InChI is InChI=1S/C16H21NO4/c1-4-13-16(20)17(9-8-14(18)19)12-7-5-6-11(10(2)3)15(12)21-13/h5-7,10,13H,4,8-9H2,1-3H3,(H,18,19). The minimum absolute atomic E-state index is 0.0759. The Morgan fingerprint density at radius 2 is 2.14 bits per heavy atom. The fourth-order valence-corrected chi connectivity index (χ4v) is 2.52. The highest BCUT2D eigenvalue weighted by Crippen LogP contribution is 2.40. The van der Waals surface area contributed by atoms with Crippen molar-refractivity contribution in [3.8, 4) is 5.75 Å². The summed E-state index contributed by atoms with van der Waals surface area (Å²) in [6.07, 6.45) is -0.0480. The molecule has 2 rings (SSSR count). The Bertz CT molecular complexity index is 553. The van der Waals surface area contributed by atoms with Gasteiger partial charge in [-0.3, -0.25) is 9.59 Å². The van der Waals surface area contributed by atoms with E-state index in [1.165, 1.54) is 0 Å². The molecule has 0 radical (unpaired) electrons. The monoisotopic (exact) mass is 291 g/mol. The van der Waals surface area contributed by atoms with Gasteiger partial charge in [0.1, 0.15) is 5.75 Å². The van der Waals surface area contributed by atoms with Crippen LogP contribution in [0.15, 0.2) is 18.2 Å². The van der Waals surface area contributed by atoms with Gasteiger partial charge in [0.25, 0.3) is 5.91 Å². The van der Waals surface area contributed by atoms with E-state index in [0.717, 1.165) is 5.56 Å². The molecule has 1 unspecified atom stereocenters. The minimum atomic E-state index is -0.913. The zero-order valence-electron chi connectivity index (χ0n) is 12.6. The van der Waals surface area contributed by atoms with Crippen molar-refractivity contribution in [2.45, 2.75) is 45.6 Å². The zero-order valence-corrected chi connectivity index (χ0v) is 12.6. The third kappa shape index (κ3) is 3.01. The van der Waals surface area contributed by atoms with Crippen molar-refractivity contribution in [3.05, 3.63) is 23.8 Å². The lowest BCUT2D eigenvalue weighted by molar-refractivity contribution is -0.136. The predicted molar refractivity (Wildman–Crippen MR) is 79.8 cm³/mol. The number of hydrogen-bond donors (Lipinski definition) is 1. The number of hydrogen-bond acceptors (Lipinski definition) is 3. The van der Waals surface area contributed by atoms with E-state index in [-0.39, 0.29) is 24.8 Å². The molecule has 0 saturated carbocycles. The number of benzene rings is 1. The number of fused-ring (bicyclic) bond motifs is 1. The molecule has 0 aromatic heterocycles. The fourth-order valence-electron chi connectivity index (χ4n) is 2.52. The number of carbonyl (C=O) groups is 2. The smallest absolute Gasteiger partial charge is 0.305 e. The van der Waals surface area contributed by atoms with Gasteiger partial charge in [0.15, 0.2) is 6.10 Å². The van der Waals surface area contributed by atoms with Crippen molar-refractivity contribution in [1.82, 2.24) is 0 Å². The Kier molecular flexibility index (Phi) is 4.50. The van der Waals surface area contributed by atoms with Gasteiger partial charge in [-0.15, -0.1) is 0 Å². The van der Waals surface area contributed by atoms with Crippen LogP contribution < -0.4 is 9.64 Å². The topological polar surface area (TPSA) is 66.8 Å². The van der Waals surface area contributed by atoms with Crippen LogP contribution in [-0.4, -0.2) is 29.6 Å². The molecule has 1 aliphatic rings. The highest BCUT2D eigenvalue weighted by atomic mass is 16.5. The minimum Gasteiger partial charge on any atom is -0.481 e. The van der Waals surface area contributed by atoms with E-state index in [4.69, 9.17) is 9.84 Å². The van der Waals surface area contributed by atoms with Crippen molar-refractivity contribution >= 4 is 17.6 Å². The summed E-state index contributed by atoms with van der Waals surface area (Å²) in [5.74, 6) is -0.0904. The molecule has 0 spiro atoms. The largest absolute Gasteiger partial charge is 0.481 e. The molecule has 1 amide bonds. The average molecular weight is 291 g/mol. The quantitative estimate of drug-likeness (QED) is 0.906. The maximum absolute atomic E-state index is 12.4. The Morgan fingerprint density at radius 1 is 1.43 bits per heavy atom. The molecule has 0 bridgehead atoms. The van der Waals surface area contributed by atoms with Crippen LogP contribution >= 0.6 is 0 Å². The SMILES string of the molecule is CCC1Oc2c(C(C)C)cccc2N(CCC(=O)O)C1=O. The number of nitrogens with zero attached hydrogens (tertiary/aromatic N) is 1. The lowest BCUT2D eigenvalue weighted by Gasteiger charge is -2.35. The summed E-state index contributed by atoms with van der Waals surface area (Å²) in [6.45, 7) is 6.19. The number of para-hydroxylation sites is 1. The molecule has 5 heteroatoms. The van der Waals surface area contributed by atoms with Gasteiger partial charge in [-0.2, -0.15) is 0 Å². The highest BCUT2D eigenvalue weighted by molar-refractivity contribution is 6.00. The van der Waals surface area contributed by atoms with Gasteiger partial charge in [0.2, 0.25) is 0 Å². The van der Waals surface area contributed by atoms with Crippen LogP contribution in [0.3, 0.4) is 0 Å². The molecule has 1 aromatic rings. The van der Waals surface area contributed by atoms with E-state index >= 15 is 0 Å². The molecule has 1 atom stereocenters. The normalized spacial score (nSPS) is 17.6. The summed E-state index contributed by atoms with van der Waals surface area (Å²) in [4.78, 5) is 24.8. The zero-order chi connectivity index (χ0) is 15.6. The molecule has 1 aromatic carbocycles. The fraction of sp³-hybridized carbons (Fsp3) is 0.500. The van der Waals surface area contributed by atoms with Crippen molar-refractivity contribution < 1.29 is 19.4 Å². The summed E-state index contributed by atoms with van der Waals surface area (Å²) in [6, 6.07) is 5.68. The van der Waals surface area contributed by atoms with Crippen LogP contribution in [0.2, 0.25) is 0 Å². The highest BCUT2D eigenvalue weighted by Gasteiger charge is 2.34. The van der Waals surface area contributed by atoms with Crippen molar-refractivity contribution in [3.63, 3.8) is 0 Å². The lowest BCUT2D eigenvalue weighted by Crippen LogP contribution is -2.46. The summed E-state index contributed by atoms with van der Waals surface area (Å²) in [5.41, 5.74) is 1.72. The second-order valence-corrected chi connectivity index (χ2v) is 5.50. The maximum atomic E-state index is 12.4. The van der Waals surface area contributed by atoms with Gasteiger partial charge < -0.3 is 14.7 Å². The van der Waals surface area contributed by atoms with Crippen LogP contribution in [0.5, 0.6) is 5.75 Å². The molecule has 114 valence electrons.